The smallest absolute Gasteiger partial charge is 0.258 e. The van der Waals surface area contributed by atoms with Crippen LogP contribution < -0.4 is 19.6 Å². The lowest BCUT2D eigenvalue weighted by Crippen LogP contribution is -2.31. The SMILES string of the molecule is CC(C)C1CC(=O)N(c2ccc(Cc3ccc(N4C(=O)C=CC4=O)cc3)cc2)C1=O.O=C1C=CC(=O)N1c1ccc(Cc2ccc(N3C(=O)C=CC3=O)cc2)cc1. The van der Waals surface area contributed by atoms with E-state index in [4.69, 9.17) is 0 Å². The molecule has 4 aromatic rings. The topological polar surface area (TPSA) is 150 Å². The lowest BCUT2D eigenvalue weighted by molar-refractivity contribution is -0.123. The molecule has 1 saturated heterocycles. The van der Waals surface area contributed by atoms with Crippen molar-refractivity contribution in [2.24, 2.45) is 11.8 Å². The van der Waals surface area contributed by atoms with E-state index in [2.05, 4.69) is 0 Å². The monoisotopic (exact) mass is 760 g/mol. The first-order chi connectivity index (χ1) is 27.4. The van der Waals surface area contributed by atoms with Gasteiger partial charge in [0, 0.05) is 42.9 Å². The molecule has 12 nitrogen and oxygen atoms in total. The van der Waals surface area contributed by atoms with Crippen LogP contribution in [0.4, 0.5) is 22.7 Å². The van der Waals surface area contributed by atoms with Crippen molar-refractivity contribution >= 4 is 70.0 Å². The van der Waals surface area contributed by atoms with Gasteiger partial charge in [0.1, 0.15) is 0 Å². The van der Waals surface area contributed by atoms with Gasteiger partial charge in [0.25, 0.3) is 35.4 Å². The van der Waals surface area contributed by atoms with E-state index < -0.39 is 0 Å². The minimum atomic E-state index is -0.344. The molecule has 1 atom stereocenters. The first kappa shape index (κ1) is 38.0. The van der Waals surface area contributed by atoms with Crippen molar-refractivity contribution < 1.29 is 38.4 Å². The van der Waals surface area contributed by atoms with E-state index in [-0.39, 0.29) is 65.5 Å². The number of rotatable bonds is 9. The van der Waals surface area contributed by atoms with E-state index in [1.807, 2.05) is 62.4 Å². The van der Waals surface area contributed by atoms with Gasteiger partial charge in [-0.1, -0.05) is 62.4 Å². The van der Waals surface area contributed by atoms with Crippen LogP contribution in [0.15, 0.2) is 134 Å². The lowest BCUT2D eigenvalue weighted by atomic mass is 9.94. The minimum Gasteiger partial charge on any atom is -0.274 e. The van der Waals surface area contributed by atoms with Gasteiger partial charge in [-0.25, -0.2) is 14.7 Å². The standard InChI is InChI=1S/C24H22N2O4.C21H14N2O4/c1-15(2)20-14-23(29)26(24(20)30)19-9-5-17(6-10-19)13-16-3-7-18(8-4-16)25-21(27)11-12-22(25)28;24-18-9-10-19(25)22(18)16-5-1-14(2-6-16)13-15-3-7-17(8-4-15)23-20(26)11-12-21(23)27/h3-12,15,20H,13-14H2,1-2H3;1-12H,13H2. The van der Waals surface area contributed by atoms with E-state index >= 15 is 0 Å². The van der Waals surface area contributed by atoms with Crippen molar-refractivity contribution in [3.63, 3.8) is 0 Å². The predicted octanol–water partition coefficient (Wildman–Crippen LogP) is 5.38. The van der Waals surface area contributed by atoms with Crippen molar-refractivity contribution in [1.82, 2.24) is 0 Å². The fraction of sp³-hybridized carbons (Fsp3) is 0.156. The maximum absolute atomic E-state index is 12.6. The number of benzene rings is 4. The van der Waals surface area contributed by atoms with Crippen molar-refractivity contribution in [2.75, 3.05) is 19.6 Å². The molecule has 0 aliphatic carbocycles. The Morgan fingerprint density at radius 1 is 0.404 bits per heavy atom. The molecule has 0 radical (unpaired) electrons. The quantitative estimate of drug-likeness (QED) is 0.207. The summed E-state index contributed by atoms with van der Waals surface area (Å²) in [6.45, 7) is 3.92. The average Bonchev–Trinajstić information content (AvgIpc) is 3.92. The van der Waals surface area contributed by atoms with Crippen LogP contribution in [0.1, 0.15) is 42.5 Å². The largest absolute Gasteiger partial charge is 0.274 e. The second kappa shape index (κ2) is 15.8. The number of carbonyl (C=O) groups is 8. The molecule has 1 fully saturated rings. The van der Waals surface area contributed by atoms with Gasteiger partial charge < -0.3 is 0 Å². The number of amides is 8. The fourth-order valence-corrected chi connectivity index (χ4v) is 6.93. The molecule has 0 spiro atoms. The lowest BCUT2D eigenvalue weighted by Gasteiger charge is -2.17. The Hall–Kier alpha value is -7.34. The second-order valence-electron chi connectivity index (χ2n) is 14.2. The van der Waals surface area contributed by atoms with Gasteiger partial charge in [0.05, 0.1) is 28.7 Å². The van der Waals surface area contributed by atoms with Gasteiger partial charge in [0.2, 0.25) is 11.8 Å². The summed E-state index contributed by atoms with van der Waals surface area (Å²) in [5, 5.41) is 0. The molecule has 4 aliphatic rings. The summed E-state index contributed by atoms with van der Waals surface area (Å²) in [4.78, 5) is 99.9. The molecule has 4 heterocycles. The summed E-state index contributed by atoms with van der Waals surface area (Å²) in [5.41, 5.74) is 6.28. The molecule has 0 N–H and O–H groups in total. The maximum Gasteiger partial charge on any atom is 0.258 e. The Morgan fingerprint density at radius 3 is 0.877 bits per heavy atom. The molecule has 284 valence electrons. The molecule has 0 aromatic heterocycles. The molecule has 0 saturated carbocycles. The van der Waals surface area contributed by atoms with Gasteiger partial charge in [-0.05, 0) is 89.5 Å². The number of nitrogens with zero attached hydrogens (tertiary/aromatic N) is 4. The Bertz CT molecular complexity index is 2270. The van der Waals surface area contributed by atoms with Crippen LogP contribution in [0.5, 0.6) is 0 Å². The molecule has 57 heavy (non-hydrogen) atoms. The van der Waals surface area contributed by atoms with E-state index in [1.54, 1.807) is 48.5 Å². The first-order valence-electron chi connectivity index (χ1n) is 18.3. The molecule has 0 bridgehead atoms. The Labute approximate surface area is 328 Å². The van der Waals surface area contributed by atoms with Gasteiger partial charge in [-0.3, -0.25) is 43.3 Å². The van der Waals surface area contributed by atoms with Gasteiger partial charge in [0.15, 0.2) is 0 Å². The third kappa shape index (κ3) is 7.92. The van der Waals surface area contributed by atoms with Gasteiger partial charge in [-0.15, -0.1) is 0 Å². The summed E-state index contributed by atoms with van der Waals surface area (Å²) in [6, 6.07) is 29.1. The number of hydrogen-bond acceptors (Lipinski definition) is 8. The molecule has 12 heteroatoms. The Morgan fingerprint density at radius 2 is 0.649 bits per heavy atom. The molecule has 1 unspecified atom stereocenters. The zero-order valence-corrected chi connectivity index (χ0v) is 31.0. The fourth-order valence-electron chi connectivity index (χ4n) is 6.93. The number of imide groups is 4. The van der Waals surface area contributed by atoms with Crippen LogP contribution in [0.25, 0.3) is 0 Å². The normalized spacial score (nSPS) is 17.6. The average molecular weight is 761 g/mol. The van der Waals surface area contributed by atoms with E-state index in [1.165, 1.54) is 41.4 Å². The van der Waals surface area contributed by atoms with Crippen LogP contribution in [-0.4, -0.2) is 47.3 Å². The Kier molecular flexibility index (Phi) is 10.5. The summed E-state index contributed by atoms with van der Waals surface area (Å²) in [7, 11) is 0. The zero-order chi connectivity index (χ0) is 40.4. The van der Waals surface area contributed by atoms with Crippen molar-refractivity contribution in [3.05, 3.63) is 156 Å². The van der Waals surface area contributed by atoms with Crippen LogP contribution >= 0.6 is 0 Å². The third-order valence-corrected chi connectivity index (χ3v) is 10.0. The Balaban J connectivity index is 0.000000175. The predicted molar refractivity (Wildman–Crippen MR) is 212 cm³/mol. The van der Waals surface area contributed by atoms with E-state index in [9.17, 15) is 38.4 Å². The number of carbonyl (C=O) groups excluding carboxylic acids is 8. The third-order valence-electron chi connectivity index (χ3n) is 10.0. The highest BCUT2D eigenvalue weighted by molar-refractivity contribution is 6.29. The van der Waals surface area contributed by atoms with Crippen LogP contribution in [0, 0.1) is 11.8 Å². The van der Waals surface area contributed by atoms with E-state index in [0.717, 1.165) is 37.0 Å². The number of hydrogen-bond donors (Lipinski definition) is 0. The van der Waals surface area contributed by atoms with Gasteiger partial charge >= 0.3 is 0 Å². The van der Waals surface area contributed by atoms with E-state index in [0.29, 0.717) is 35.6 Å². The first-order valence-corrected chi connectivity index (χ1v) is 18.3. The molecule has 4 aliphatic heterocycles. The zero-order valence-electron chi connectivity index (χ0n) is 31.0. The highest BCUT2D eigenvalue weighted by Gasteiger charge is 2.41. The molecular weight excluding hydrogens is 725 g/mol. The minimum absolute atomic E-state index is 0.126. The number of anilines is 4. The van der Waals surface area contributed by atoms with Gasteiger partial charge in [-0.2, -0.15) is 0 Å². The molecule has 8 amide bonds. The van der Waals surface area contributed by atoms with Crippen LogP contribution in [-0.2, 0) is 51.2 Å². The molecular formula is C45H36N4O8. The van der Waals surface area contributed by atoms with Crippen LogP contribution in [0.2, 0.25) is 0 Å². The molecule has 8 rings (SSSR count). The summed E-state index contributed by atoms with van der Waals surface area (Å²) >= 11 is 0. The van der Waals surface area contributed by atoms with Crippen LogP contribution in [0.3, 0.4) is 0 Å². The summed E-state index contributed by atoms with van der Waals surface area (Å²) in [5.74, 6) is -2.44. The van der Waals surface area contributed by atoms with Crippen molar-refractivity contribution in [2.45, 2.75) is 33.1 Å². The van der Waals surface area contributed by atoms with Crippen molar-refractivity contribution in [3.8, 4) is 0 Å². The highest BCUT2D eigenvalue weighted by atomic mass is 16.2. The molecule has 4 aromatic carbocycles. The van der Waals surface area contributed by atoms with Crippen molar-refractivity contribution in [1.29, 1.82) is 0 Å². The highest BCUT2D eigenvalue weighted by Crippen LogP contribution is 2.31. The summed E-state index contributed by atoms with van der Waals surface area (Å²) in [6.07, 6.45) is 9.09. The maximum atomic E-state index is 12.6. The second-order valence-corrected chi connectivity index (χ2v) is 14.2. The summed E-state index contributed by atoms with van der Waals surface area (Å²) < 4.78 is 0.